The van der Waals surface area contributed by atoms with Crippen LogP contribution < -0.4 is 0 Å². The van der Waals surface area contributed by atoms with Crippen molar-refractivity contribution in [3.05, 3.63) is 0 Å². The van der Waals surface area contributed by atoms with Gasteiger partial charge in [0.1, 0.15) is 6.04 Å². The standard InChI is InChI=1S/C13H25NO2/c1-5-7-10(2)14-9-6-8-13(3,4)11(14)12(15)16/h10-11H,5-9H2,1-4H3,(H,15,16). The molecule has 0 spiro atoms. The molecule has 1 fully saturated rings. The maximum Gasteiger partial charge on any atom is 0.321 e. The highest BCUT2D eigenvalue weighted by Gasteiger charge is 2.43. The molecule has 1 N–H and O–H groups in total. The molecular formula is C13H25NO2. The first-order valence-corrected chi connectivity index (χ1v) is 6.38. The molecule has 2 atom stereocenters. The first-order chi connectivity index (χ1) is 7.40. The summed E-state index contributed by atoms with van der Waals surface area (Å²) < 4.78 is 0. The second-order valence-corrected chi connectivity index (χ2v) is 5.71. The number of aliphatic carboxylic acids is 1. The van der Waals surface area contributed by atoms with Crippen molar-refractivity contribution in [2.24, 2.45) is 5.41 Å². The Balaban J connectivity index is 2.84. The maximum absolute atomic E-state index is 11.4. The van der Waals surface area contributed by atoms with Crippen molar-refractivity contribution < 1.29 is 9.90 Å². The maximum atomic E-state index is 11.4. The summed E-state index contributed by atoms with van der Waals surface area (Å²) in [5.74, 6) is -0.660. The van der Waals surface area contributed by atoms with E-state index in [0.717, 1.165) is 32.2 Å². The molecule has 1 rings (SSSR count). The van der Waals surface area contributed by atoms with Gasteiger partial charge in [0.2, 0.25) is 0 Å². The predicted octanol–water partition coefficient (Wildman–Crippen LogP) is 2.75. The Morgan fingerprint density at radius 2 is 2.19 bits per heavy atom. The van der Waals surface area contributed by atoms with Gasteiger partial charge in [-0.05, 0) is 38.1 Å². The Morgan fingerprint density at radius 3 is 2.69 bits per heavy atom. The van der Waals surface area contributed by atoms with Gasteiger partial charge >= 0.3 is 5.97 Å². The minimum absolute atomic E-state index is 0.105. The van der Waals surface area contributed by atoms with Gasteiger partial charge in [0, 0.05) is 6.04 Å². The number of nitrogens with zero attached hydrogens (tertiary/aromatic N) is 1. The Morgan fingerprint density at radius 1 is 1.56 bits per heavy atom. The third-order valence-electron chi connectivity index (χ3n) is 3.82. The molecule has 1 aliphatic heterocycles. The van der Waals surface area contributed by atoms with Gasteiger partial charge in [0.05, 0.1) is 0 Å². The number of carboxylic acid groups (broad SMARTS) is 1. The van der Waals surface area contributed by atoms with Gasteiger partial charge in [-0.1, -0.05) is 27.2 Å². The fraction of sp³-hybridized carbons (Fsp3) is 0.923. The number of hydrogen-bond donors (Lipinski definition) is 1. The summed E-state index contributed by atoms with van der Waals surface area (Å²) in [5, 5.41) is 9.42. The van der Waals surface area contributed by atoms with Gasteiger partial charge in [-0.2, -0.15) is 0 Å². The highest BCUT2D eigenvalue weighted by molar-refractivity contribution is 5.74. The average Bonchev–Trinajstić information content (AvgIpc) is 2.15. The number of rotatable bonds is 4. The van der Waals surface area contributed by atoms with E-state index in [-0.39, 0.29) is 11.5 Å². The van der Waals surface area contributed by atoms with Gasteiger partial charge in [-0.15, -0.1) is 0 Å². The topological polar surface area (TPSA) is 40.5 Å². The van der Waals surface area contributed by atoms with Crippen molar-refractivity contribution in [2.75, 3.05) is 6.54 Å². The van der Waals surface area contributed by atoms with E-state index in [1.165, 1.54) is 0 Å². The number of hydrogen-bond acceptors (Lipinski definition) is 2. The lowest BCUT2D eigenvalue weighted by Gasteiger charge is -2.46. The van der Waals surface area contributed by atoms with E-state index in [9.17, 15) is 9.90 Å². The molecule has 0 radical (unpaired) electrons. The number of carboxylic acids is 1. The molecule has 2 unspecified atom stereocenters. The van der Waals surface area contributed by atoms with E-state index in [2.05, 4.69) is 32.6 Å². The summed E-state index contributed by atoms with van der Waals surface area (Å²) >= 11 is 0. The average molecular weight is 227 g/mol. The molecular weight excluding hydrogens is 202 g/mol. The molecule has 0 aromatic heterocycles. The Hall–Kier alpha value is -0.570. The second kappa shape index (κ2) is 5.17. The van der Waals surface area contributed by atoms with Crippen LogP contribution in [-0.2, 0) is 4.79 Å². The predicted molar refractivity (Wildman–Crippen MR) is 65.5 cm³/mol. The van der Waals surface area contributed by atoms with E-state index in [4.69, 9.17) is 0 Å². The largest absolute Gasteiger partial charge is 0.480 e. The van der Waals surface area contributed by atoms with Crippen LogP contribution in [-0.4, -0.2) is 34.6 Å². The zero-order chi connectivity index (χ0) is 12.3. The molecule has 1 saturated heterocycles. The van der Waals surface area contributed by atoms with E-state index in [0.29, 0.717) is 6.04 Å². The lowest BCUT2D eigenvalue weighted by Crippen LogP contribution is -2.57. The van der Waals surface area contributed by atoms with Crippen molar-refractivity contribution in [3.8, 4) is 0 Å². The van der Waals surface area contributed by atoms with Crippen LogP contribution >= 0.6 is 0 Å². The van der Waals surface area contributed by atoms with Crippen LogP contribution in [0, 0.1) is 5.41 Å². The molecule has 0 aromatic rings. The zero-order valence-corrected chi connectivity index (χ0v) is 11.0. The molecule has 3 heteroatoms. The summed E-state index contributed by atoms with van der Waals surface area (Å²) in [6.45, 7) is 9.40. The smallest absolute Gasteiger partial charge is 0.321 e. The zero-order valence-electron chi connectivity index (χ0n) is 11.0. The molecule has 3 nitrogen and oxygen atoms in total. The van der Waals surface area contributed by atoms with Crippen LogP contribution in [0.1, 0.15) is 53.4 Å². The normalized spacial score (nSPS) is 27.6. The Kier molecular flexibility index (Phi) is 4.36. The number of likely N-dealkylation sites (tertiary alicyclic amines) is 1. The summed E-state index contributed by atoms with van der Waals surface area (Å²) in [4.78, 5) is 13.6. The fourth-order valence-corrected chi connectivity index (χ4v) is 2.97. The van der Waals surface area contributed by atoms with E-state index >= 15 is 0 Å². The third kappa shape index (κ3) is 2.76. The molecule has 0 amide bonds. The first-order valence-electron chi connectivity index (χ1n) is 6.38. The van der Waals surface area contributed by atoms with Gasteiger partial charge < -0.3 is 5.11 Å². The van der Waals surface area contributed by atoms with E-state index < -0.39 is 5.97 Å². The van der Waals surface area contributed by atoms with Crippen molar-refractivity contribution >= 4 is 5.97 Å². The lowest BCUT2D eigenvalue weighted by molar-refractivity contribution is -0.152. The molecule has 0 aliphatic carbocycles. The van der Waals surface area contributed by atoms with Crippen LogP contribution in [0.2, 0.25) is 0 Å². The summed E-state index contributed by atoms with van der Waals surface area (Å²) in [6.07, 6.45) is 4.33. The SMILES string of the molecule is CCCC(C)N1CCCC(C)(C)C1C(=O)O. The first kappa shape index (κ1) is 13.5. The van der Waals surface area contributed by atoms with E-state index in [1.54, 1.807) is 0 Å². The molecule has 94 valence electrons. The van der Waals surface area contributed by atoms with Crippen LogP contribution in [0.5, 0.6) is 0 Å². The van der Waals surface area contributed by atoms with Gasteiger partial charge in [0.25, 0.3) is 0 Å². The fourth-order valence-electron chi connectivity index (χ4n) is 2.97. The molecule has 0 bridgehead atoms. The second-order valence-electron chi connectivity index (χ2n) is 5.71. The Labute approximate surface area is 98.8 Å². The molecule has 0 aromatic carbocycles. The minimum atomic E-state index is -0.660. The van der Waals surface area contributed by atoms with Gasteiger partial charge in [0.15, 0.2) is 0 Å². The van der Waals surface area contributed by atoms with Gasteiger partial charge in [-0.25, -0.2) is 0 Å². The summed E-state index contributed by atoms with van der Waals surface area (Å²) in [7, 11) is 0. The Bertz CT molecular complexity index is 250. The number of piperidine rings is 1. The molecule has 1 heterocycles. The third-order valence-corrected chi connectivity index (χ3v) is 3.82. The van der Waals surface area contributed by atoms with Gasteiger partial charge in [-0.3, -0.25) is 9.69 Å². The summed E-state index contributed by atoms with van der Waals surface area (Å²) in [6, 6.07) is 0.0634. The van der Waals surface area contributed by atoms with Crippen LogP contribution in [0.4, 0.5) is 0 Å². The lowest BCUT2D eigenvalue weighted by atomic mass is 9.75. The monoisotopic (exact) mass is 227 g/mol. The molecule has 1 aliphatic rings. The van der Waals surface area contributed by atoms with Crippen molar-refractivity contribution in [1.82, 2.24) is 4.90 Å². The molecule has 16 heavy (non-hydrogen) atoms. The number of carbonyl (C=O) groups is 1. The quantitative estimate of drug-likeness (QED) is 0.803. The van der Waals surface area contributed by atoms with Crippen molar-refractivity contribution in [2.45, 2.75) is 65.5 Å². The molecule has 0 saturated carbocycles. The highest BCUT2D eigenvalue weighted by Crippen LogP contribution is 2.36. The van der Waals surface area contributed by atoms with Crippen molar-refractivity contribution in [3.63, 3.8) is 0 Å². The highest BCUT2D eigenvalue weighted by atomic mass is 16.4. The minimum Gasteiger partial charge on any atom is -0.480 e. The van der Waals surface area contributed by atoms with Crippen molar-refractivity contribution in [1.29, 1.82) is 0 Å². The van der Waals surface area contributed by atoms with E-state index in [1.807, 2.05) is 0 Å². The van der Waals surface area contributed by atoms with Crippen LogP contribution in [0.3, 0.4) is 0 Å². The van der Waals surface area contributed by atoms with Crippen LogP contribution in [0.15, 0.2) is 0 Å². The van der Waals surface area contributed by atoms with Crippen LogP contribution in [0.25, 0.3) is 0 Å². The summed E-state index contributed by atoms with van der Waals surface area (Å²) in [5.41, 5.74) is -0.105.